The summed E-state index contributed by atoms with van der Waals surface area (Å²) in [6.07, 6.45) is 5.94. The van der Waals surface area contributed by atoms with Gasteiger partial charge in [-0.15, -0.1) is 0 Å². The normalized spacial score (nSPS) is 25.0. The predicted molar refractivity (Wildman–Crippen MR) is 99.4 cm³/mol. The van der Waals surface area contributed by atoms with Gasteiger partial charge in [0.25, 0.3) is 0 Å². The highest BCUT2D eigenvalue weighted by Gasteiger charge is 2.21. The Bertz CT molecular complexity index is 512. The molecule has 5 heteroatoms. The lowest BCUT2D eigenvalue weighted by Crippen LogP contribution is -2.35. The molecule has 0 bridgehead atoms. The molecule has 23 heavy (non-hydrogen) atoms. The SMILES string of the molecule is C[C@@H]1C[C@@H](Nc2ccc(NC(=O)N3CCCCCC3)cc2)CS1. The second kappa shape index (κ2) is 7.95. The van der Waals surface area contributed by atoms with Crippen LogP contribution >= 0.6 is 11.8 Å². The number of hydrogen-bond donors (Lipinski definition) is 2. The molecule has 0 radical (unpaired) electrons. The average molecular weight is 334 g/mol. The van der Waals surface area contributed by atoms with Crippen molar-refractivity contribution in [3.05, 3.63) is 24.3 Å². The van der Waals surface area contributed by atoms with Crippen molar-refractivity contribution in [2.45, 2.75) is 50.3 Å². The number of carbonyl (C=O) groups excluding carboxylic acids is 1. The van der Waals surface area contributed by atoms with Gasteiger partial charge in [0.1, 0.15) is 0 Å². The quantitative estimate of drug-likeness (QED) is 0.861. The second-order valence-corrected chi connectivity index (χ2v) is 8.10. The Hall–Kier alpha value is -1.36. The van der Waals surface area contributed by atoms with Gasteiger partial charge in [0.05, 0.1) is 0 Å². The van der Waals surface area contributed by atoms with Crippen LogP contribution in [0.3, 0.4) is 0 Å². The lowest BCUT2D eigenvalue weighted by atomic mass is 10.2. The number of urea groups is 1. The fourth-order valence-electron chi connectivity index (χ4n) is 3.28. The summed E-state index contributed by atoms with van der Waals surface area (Å²) in [4.78, 5) is 14.3. The summed E-state index contributed by atoms with van der Waals surface area (Å²) < 4.78 is 0. The van der Waals surface area contributed by atoms with Gasteiger partial charge < -0.3 is 15.5 Å². The van der Waals surface area contributed by atoms with Crippen molar-refractivity contribution in [1.82, 2.24) is 4.90 Å². The molecular formula is C18H27N3OS. The predicted octanol–water partition coefficient (Wildman–Crippen LogP) is 4.40. The topological polar surface area (TPSA) is 44.4 Å². The van der Waals surface area contributed by atoms with E-state index in [-0.39, 0.29) is 6.03 Å². The maximum Gasteiger partial charge on any atom is 0.321 e. The molecule has 4 nitrogen and oxygen atoms in total. The first-order valence-electron chi connectivity index (χ1n) is 8.75. The molecule has 0 unspecified atom stereocenters. The van der Waals surface area contributed by atoms with Crippen LogP contribution in [0.4, 0.5) is 16.2 Å². The third-order valence-electron chi connectivity index (χ3n) is 4.60. The van der Waals surface area contributed by atoms with E-state index in [2.05, 4.69) is 29.7 Å². The van der Waals surface area contributed by atoms with E-state index in [0.29, 0.717) is 6.04 Å². The minimum atomic E-state index is 0.0358. The van der Waals surface area contributed by atoms with Crippen LogP contribution in [0.5, 0.6) is 0 Å². The lowest BCUT2D eigenvalue weighted by molar-refractivity contribution is 0.214. The summed E-state index contributed by atoms with van der Waals surface area (Å²) in [6, 6.07) is 8.70. The molecule has 2 saturated heterocycles. The zero-order valence-corrected chi connectivity index (χ0v) is 14.7. The van der Waals surface area contributed by atoms with E-state index in [9.17, 15) is 4.79 Å². The standard InChI is InChI=1S/C18H27N3OS/c1-14-12-17(13-23-14)19-15-6-8-16(9-7-15)20-18(22)21-10-4-2-3-5-11-21/h6-9,14,17,19H,2-5,10-13H2,1H3,(H,20,22)/t14-,17-/m1/s1. The molecule has 2 amide bonds. The maximum atomic E-state index is 12.3. The molecule has 0 saturated carbocycles. The van der Waals surface area contributed by atoms with Gasteiger partial charge in [0, 0.05) is 41.5 Å². The van der Waals surface area contributed by atoms with Crippen LogP contribution < -0.4 is 10.6 Å². The summed E-state index contributed by atoms with van der Waals surface area (Å²) >= 11 is 2.03. The van der Waals surface area contributed by atoms with Crippen molar-refractivity contribution in [2.75, 3.05) is 29.5 Å². The van der Waals surface area contributed by atoms with Crippen LogP contribution in [0.15, 0.2) is 24.3 Å². The minimum Gasteiger partial charge on any atom is -0.381 e. The van der Waals surface area contributed by atoms with Crippen molar-refractivity contribution >= 4 is 29.2 Å². The van der Waals surface area contributed by atoms with Gasteiger partial charge in [-0.1, -0.05) is 19.8 Å². The van der Waals surface area contributed by atoms with Gasteiger partial charge in [-0.25, -0.2) is 4.79 Å². The zero-order valence-electron chi connectivity index (χ0n) is 13.9. The molecule has 2 N–H and O–H groups in total. The first kappa shape index (κ1) is 16.5. The number of amides is 2. The zero-order chi connectivity index (χ0) is 16.1. The van der Waals surface area contributed by atoms with Crippen molar-refractivity contribution in [3.63, 3.8) is 0 Å². The molecule has 2 aliphatic rings. The number of nitrogens with zero attached hydrogens (tertiary/aromatic N) is 1. The smallest absolute Gasteiger partial charge is 0.321 e. The molecule has 3 rings (SSSR count). The number of likely N-dealkylation sites (tertiary alicyclic amines) is 1. The molecule has 2 atom stereocenters. The lowest BCUT2D eigenvalue weighted by Gasteiger charge is -2.21. The molecule has 2 fully saturated rings. The summed E-state index contributed by atoms with van der Waals surface area (Å²) in [7, 11) is 0. The second-order valence-electron chi connectivity index (χ2n) is 6.63. The molecule has 2 aliphatic heterocycles. The molecule has 0 aliphatic carbocycles. The molecule has 0 spiro atoms. The Kier molecular flexibility index (Phi) is 5.70. The Morgan fingerprint density at radius 2 is 1.74 bits per heavy atom. The van der Waals surface area contributed by atoms with E-state index in [1.807, 2.05) is 28.8 Å². The van der Waals surface area contributed by atoms with Gasteiger partial charge in [0.2, 0.25) is 0 Å². The number of hydrogen-bond acceptors (Lipinski definition) is 3. The largest absolute Gasteiger partial charge is 0.381 e. The van der Waals surface area contributed by atoms with Crippen molar-refractivity contribution in [2.24, 2.45) is 0 Å². The van der Waals surface area contributed by atoms with Crippen LogP contribution in [-0.2, 0) is 0 Å². The highest BCUT2D eigenvalue weighted by molar-refractivity contribution is 8.00. The van der Waals surface area contributed by atoms with Gasteiger partial charge in [0.15, 0.2) is 0 Å². The molecule has 1 aromatic carbocycles. The Morgan fingerprint density at radius 1 is 1.09 bits per heavy atom. The van der Waals surface area contributed by atoms with Gasteiger partial charge in [-0.2, -0.15) is 11.8 Å². The van der Waals surface area contributed by atoms with Crippen molar-refractivity contribution in [1.29, 1.82) is 0 Å². The monoisotopic (exact) mass is 333 g/mol. The number of benzene rings is 1. The summed E-state index contributed by atoms with van der Waals surface area (Å²) in [6.45, 7) is 4.04. The molecule has 0 aromatic heterocycles. The van der Waals surface area contributed by atoms with E-state index in [0.717, 1.165) is 42.6 Å². The minimum absolute atomic E-state index is 0.0358. The third kappa shape index (κ3) is 4.80. The maximum absolute atomic E-state index is 12.3. The van der Waals surface area contributed by atoms with E-state index in [4.69, 9.17) is 0 Å². The van der Waals surface area contributed by atoms with Crippen molar-refractivity contribution < 1.29 is 4.79 Å². The van der Waals surface area contributed by atoms with Gasteiger partial charge >= 0.3 is 6.03 Å². The summed E-state index contributed by atoms with van der Waals surface area (Å²) in [5, 5.41) is 7.35. The first-order chi connectivity index (χ1) is 11.2. The highest BCUT2D eigenvalue weighted by atomic mass is 32.2. The van der Waals surface area contributed by atoms with Crippen LogP contribution in [-0.4, -0.2) is 41.1 Å². The fourth-order valence-corrected chi connectivity index (χ4v) is 4.43. The van der Waals surface area contributed by atoms with Crippen LogP contribution in [0.2, 0.25) is 0 Å². The molecular weight excluding hydrogens is 306 g/mol. The van der Waals surface area contributed by atoms with Crippen LogP contribution in [0.25, 0.3) is 0 Å². The molecule has 1 aromatic rings. The number of nitrogens with one attached hydrogen (secondary N) is 2. The Morgan fingerprint density at radius 3 is 2.35 bits per heavy atom. The number of thioether (sulfide) groups is 1. The summed E-state index contributed by atoms with van der Waals surface area (Å²) in [5.74, 6) is 1.18. The number of rotatable bonds is 3. The average Bonchev–Trinajstić information content (AvgIpc) is 2.79. The first-order valence-corrected chi connectivity index (χ1v) is 9.80. The van der Waals surface area contributed by atoms with E-state index >= 15 is 0 Å². The Labute approximate surface area is 143 Å². The molecule has 2 heterocycles. The summed E-state index contributed by atoms with van der Waals surface area (Å²) in [5.41, 5.74) is 2.01. The van der Waals surface area contributed by atoms with E-state index in [1.54, 1.807) is 0 Å². The van der Waals surface area contributed by atoms with E-state index in [1.165, 1.54) is 25.0 Å². The third-order valence-corrected chi connectivity index (χ3v) is 5.95. The van der Waals surface area contributed by atoms with Crippen LogP contribution in [0.1, 0.15) is 39.0 Å². The fraction of sp³-hybridized carbons (Fsp3) is 0.611. The van der Waals surface area contributed by atoms with Gasteiger partial charge in [-0.05, 0) is 43.5 Å². The van der Waals surface area contributed by atoms with Crippen LogP contribution in [0, 0.1) is 0 Å². The number of carbonyl (C=O) groups is 1. The highest BCUT2D eigenvalue weighted by Crippen LogP contribution is 2.28. The number of anilines is 2. The van der Waals surface area contributed by atoms with Gasteiger partial charge in [-0.3, -0.25) is 0 Å². The Balaban J connectivity index is 1.51. The van der Waals surface area contributed by atoms with Crippen molar-refractivity contribution in [3.8, 4) is 0 Å². The molecule has 126 valence electrons. The van der Waals surface area contributed by atoms with E-state index < -0.39 is 0 Å².